The molecule has 1 aromatic carbocycles. The van der Waals surface area contributed by atoms with E-state index in [1.165, 1.54) is 6.42 Å². The largest absolute Gasteiger partial charge is 0.394 e. The average molecular weight is 262 g/mol. The third-order valence-corrected chi connectivity index (χ3v) is 3.94. The van der Waals surface area contributed by atoms with E-state index in [1.54, 1.807) is 0 Å². The fourth-order valence-electron chi connectivity index (χ4n) is 2.70. The Morgan fingerprint density at radius 2 is 1.89 bits per heavy atom. The van der Waals surface area contributed by atoms with Crippen LogP contribution in [-0.4, -0.2) is 23.2 Å². The first-order chi connectivity index (χ1) is 9.17. The monoisotopic (exact) mass is 262 g/mol. The molecular formula is C15H22N2O2. The Labute approximate surface area is 114 Å². The van der Waals surface area contributed by atoms with E-state index in [-0.39, 0.29) is 12.5 Å². The summed E-state index contributed by atoms with van der Waals surface area (Å²) in [5.74, 6) is -0.206. The minimum Gasteiger partial charge on any atom is -0.394 e. The van der Waals surface area contributed by atoms with E-state index < -0.39 is 11.6 Å². The summed E-state index contributed by atoms with van der Waals surface area (Å²) in [5, 5.41) is 12.6. The van der Waals surface area contributed by atoms with Crippen LogP contribution < -0.4 is 11.1 Å². The molecule has 104 valence electrons. The predicted octanol–water partition coefficient (Wildman–Crippen LogP) is 1.50. The van der Waals surface area contributed by atoms with Gasteiger partial charge in [-0.05, 0) is 18.4 Å². The van der Waals surface area contributed by atoms with Crippen LogP contribution in [0.2, 0.25) is 0 Å². The maximum absolute atomic E-state index is 12.2. The smallest absolute Gasteiger partial charge is 0.242 e. The van der Waals surface area contributed by atoms with Gasteiger partial charge in [-0.25, -0.2) is 0 Å². The van der Waals surface area contributed by atoms with Gasteiger partial charge in [-0.3, -0.25) is 4.79 Å². The van der Waals surface area contributed by atoms with Crippen LogP contribution in [-0.2, 0) is 4.79 Å². The fourth-order valence-corrected chi connectivity index (χ4v) is 2.70. The standard InChI is InChI=1S/C15H22N2O2/c16-13(12-7-3-1-4-8-12)14(19)17-15(11-18)9-5-2-6-10-15/h1,3-4,7-8,13,18H,2,5-6,9-11,16H2,(H,17,19)/t13-/m0/s1. The second-order valence-corrected chi connectivity index (χ2v) is 5.38. The van der Waals surface area contributed by atoms with E-state index in [0.29, 0.717) is 0 Å². The number of carbonyl (C=O) groups is 1. The molecule has 1 aliphatic rings. The van der Waals surface area contributed by atoms with Gasteiger partial charge in [-0.15, -0.1) is 0 Å². The van der Waals surface area contributed by atoms with Gasteiger partial charge in [0, 0.05) is 0 Å². The number of aliphatic hydroxyl groups excluding tert-OH is 1. The first-order valence-corrected chi connectivity index (χ1v) is 6.90. The van der Waals surface area contributed by atoms with E-state index in [0.717, 1.165) is 31.2 Å². The molecule has 4 heteroatoms. The molecule has 4 N–H and O–H groups in total. The summed E-state index contributed by atoms with van der Waals surface area (Å²) in [6, 6.07) is 8.64. The lowest BCUT2D eigenvalue weighted by Crippen LogP contribution is -2.54. The zero-order chi connectivity index (χ0) is 13.7. The Hall–Kier alpha value is -1.39. The van der Waals surface area contributed by atoms with Crippen LogP contribution >= 0.6 is 0 Å². The molecule has 0 spiro atoms. The lowest BCUT2D eigenvalue weighted by molar-refractivity contribution is -0.125. The molecule has 0 heterocycles. The van der Waals surface area contributed by atoms with E-state index in [2.05, 4.69) is 5.32 Å². The topological polar surface area (TPSA) is 75.4 Å². The Balaban J connectivity index is 2.03. The van der Waals surface area contributed by atoms with E-state index in [1.807, 2.05) is 30.3 Å². The van der Waals surface area contributed by atoms with Gasteiger partial charge < -0.3 is 16.2 Å². The number of aliphatic hydroxyl groups is 1. The maximum Gasteiger partial charge on any atom is 0.242 e. The van der Waals surface area contributed by atoms with Crippen molar-refractivity contribution in [3.05, 3.63) is 35.9 Å². The SMILES string of the molecule is N[C@H](C(=O)NC1(CO)CCCCC1)c1ccccc1. The fraction of sp³-hybridized carbons (Fsp3) is 0.533. The Morgan fingerprint density at radius 3 is 2.47 bits per heavy atom. The highest BCUT2D eigenvalue weighted by atomic mass is 16.3. The van der Waals surface area contributed by atoms with Gasteiger partial charge in [0.05, 0.1) is 12.1 Å². The van der Waals surface area contributed by atoms with Crippen LogP contribution in [0.5, 0.6) is 0 Å². The Morgan fingerprint density at radius 1 is 1.26 bits per heavy atom. The lowest BCUT2D eigenvalue weighted by Gasteiger charge is -2.37. The minimum absolute atomic E-state index is 0.0136. The van der Waals surface area contributed by atoms with Crippen molar-refractivity contribution in [3.63, 3.8) is 0 Å². The van der Waals surface area contributed by atoms with Gasteiger partial charge in [0.15, 0.2) is 0 Å². The van der Waals surface area contributed by atoms with Crippen LogP contribution in [0, 0.1) is 0 Å². The first kappa shape index (κ1) is 14.0. The number of amides is 1. The van der Waals surface area contributed by atoms with Crippen LogP contribution in [0.3, 0.4) is 0 Å². The highest BCUT2D eigenvalue weighted by Gasteiger charge is 2.34. The zero-order valence-corrected chi connectivity index (χ0v) is 11.1. The number of rotatable bonds is 4. The molecular weight excluding hydrogens is 240 g/mol. The van der Waals surface area contributed by atoms with E-state index in [9.17, 15) is 9.90 Å². The summed E-state index contributed by atoms with van der Waals surface area (Å²) < 4.78 is 0. The molecule has 1 atom stereocenters. The van der Waals surface area contributed by atoms with E-state index >= 15 is 0 Å². The third-order valence-electron chi connectivity index (χ3n) is 3.94. The Bertz CT molecular complexity index is 413. The van der Waals surface area contributed by atoms with Gasteiger partial charge in [0.25, 0.3) is 0 Å². The second kappa shape index (κ2) is 6.17. The summed E-state index contributed by atoms with van der Waals surface area (Å²) in [7, 11) is 0. The highest BCUT2D eigenvalue weighted by molar-refractivity contribution is 5.83. The number of nitrogens with two attached hydrogens (primary N) is 1. The second-order valence-electron chi connectivity index (χ2n) is 5.38. The van der Waals surface area contributed by atoms with Crippen molar-refractivity contribution in [2.24, 2.45) is 5.73 Å². The molecule has 0 aromatic heterocycles. The number of benzene rings is 1. The van der Waals surface area contributed by atoms with Crippen molar-refractivity contribution in [2.45, 2.75) is 43.7 Å². The summed E-state index contributed by atoms with van der Waals surface area (Å²) >= 11 is 0. The average Bonchev–Trinajstić information content (AvgIpc) is 2.48. The molecule has 0 saturated heterocycles. The van der Waals surface area contributed by atoms with Gasteiger partial charge in [0.1, 0.15) is 6.04 Å². The van der Waals surface area contributed by atoms with Crippen molar-refractivity contribution in [2.75, 3.05) is 6.61 Å². The molecule has 1 aliphatic carbocycles. The zero-order valence-electron chi connectivity index (χ0n) is 11.1. The van der Waals surface area contributed by atoms with Gasteiger partial charge in [-0.1, -0.05) is 49.6 Å². The summed E-state index contributed by atoms with van der Waals surface area (Å²) in [5.41, 5.74) is 6.30. The minimum atomic E-state index is -0.674. The maximum atomic E-state index is 12.2. The molecule has 1 saturated carbocycles. The third kappa shape index (κ3) is 3.33. The Kier molecular flexibility index (Phi) is 4.56. The molecule has 0 bridgehead atoms. The molecule has 0 aliphatic heterocycles. The van der Waals surface area contributed by atoms with Gasteiger partial charge in [0.2, 0.25) is 5.91 Å². The number of hydrogen-bond acceptors (Lipinski definition) is 3. The highest BCUT2D eigenvalue weighted by Crippen LogP contribution is 2.28. The van der Waals surface area contributed by atoms with Crippen molar-refractivity contribution < 1.29 is 9.90 Å². The van der Waals surface area contributed by atoms with Crippen LogP contribution in [0.25, 0.3) is 0 Å². The molecule has 2 rings (SSSR count). The normalized spacial score (nSPS) is 19.7. The molecule has 1 aromatic rings. The molecule has 19 heavy (non-hydrogen) atoms. The molecule has 0 unspecified atom stereocenters. The van der Waals surface area contributed by atoms with Gasteiger partial charge >= 0.3 is 0 Å². The summed E-state index contributed by atoms with van der Waals surface area (Å²) in [6.07, 6.45) is 4.92. The number of nitrogens with one attached hydrogen (secondary N) is 1. The van der Waals surface area contributed by atoms with Crippen molar-refractivity contribution >= 4 is 5.91 Å². The van der Waals surface area contributed by atoms with Gasteiger partial charge in [-0.2, -0.15) is 0 Å². The quantitative estimate of drug-likeness (QED) is 0.769. The van der Waals surface area contributed by atoms with Crippen LogP contribution in [0.4, 0.5) is 0 Å². The lowest BCUT2D eigenvalue weighted by atomic mass is 9.82. The summed E-state index contributed by atoms with van der Waals surface area (Å²) in [4.78, 5) is 12.2. The van der Waals surface area contributed by atoms with Crippen LogP contribution in [0.15, 0.2) is 30.3 Å². The van der Waals surface area contributed by atoms with Crippen LogP contribution in [0.1, 0.15) is 43.7 Å². The number of hydrogen-bond donors (Lipinski definition) is 3. The molecule has 1 amide bonds. The first-order valence-electron chi connectivity index (χ1n) is 6.90. The molecule has 0 radical (unpaired) electrons. The van der Waals surface area contributed by atoms with Crippen molar-refractivity contribution in [1.29, 1.82) is 0 Å². The predicted molar refractivity (Wildman–Crippen MR) is 74.4 cm³/mol. The number of carbonyl (C=O) groups excluding carboxylic acids is 1. The van der Waals surface area contributed by atoms with Crippen molar-refractivity contribution in [1.82, 2.24) is 5.32 Å². The molecule has 4 nitrogen and oxygen atoms in total. The van der Waals surface area contributed by atoms with E-state index in [4.69, 9.17) is 5.73 Å². The summed E-state index contributed by atoms with van der Waals surface area (Å²) in [6.45, 7) is -0.0136. The molecule has 1 fully saturated rings. The van der Waals surface area contributed by atoms with Crippen molar-refractivity contribution in [3.8, 4) is 0 Å².